The maximum absolute atomic E-state index is 13.3. The first-order valence-corrected chi connectivity index (χ1v) is 9.81. The number of aromatic nitrogens is 4. The topological polar surface area (TPSA) is 84.2 Å². The van der Waals surface area contributed by atoms with Crippen LogP contribution in [-0.4, -0.2) is 30.8 Å². The first-order chi connectivity index (χ1) is 13.9. The van der Waals surface area contributed by atoms with Crippen molar-refractivity contribution < 1.29 is 9.18 Å². The van der Waals surface area contributed by atoms with Gasteiger partial charge in [0.25, 0.3) is 5.91 Å². The Hall–Kier alpha value is -3.24. The predicted molar refractivity (Wildman–Crippen MR) is 114 cm³/mol. The van der Waals surface area contributed by atoms with Gasteiger partial charge in [-0.05, 0) is 55.9 Å². The monoisotopic (exact) mass is 426 g/mol. The van der Waals surface area contributed by atoms with Crippen molar-refractivity contribution in [1.29, 1.82) is 0 Å². The molecule has 2 aromatic heterocycles. The summed E-state index contributed by atoms with van der Waals surface area (Å²) in [5, 5.41) is 19.1. The summed E-state index contributed by atoms with van der Waals surface area (Å²) in [4.78, 5) is 13.0. The second-order valence-corrected chi connectivity index (χ2v) is 7.66. The Bertz CT molecular complexity index is 1250. The van der Waals surface area contributed by atoms with Crippen LogP contribution >= 0.6 is 23.6 Å². The number of carbonyl (C=O) groups is 1. The quantitative estimate of drug-likeness (QED) is 0.486. The van der Waals surface area contributed by atoms with Gasteiger partial charge in [0.1, 0.15) is 10.8 Å². The van der Waals surface area contributed by atoms with Gasteiger partial charge in [0.05, 0.1) is 0 Å². The summed E-state index contributed by atoms with van der Waals surface area (Å²) in [6.07, 6.45) is 0. The summed E-state index contributed by atoms with van der Waals surface area (Å²) in [6, 6.07) is 11.2. The van der Waals surface area contributed by atoms with Gasteiger partial charge in [-0.1, -0.05) is 29.5 Å². The van der Waals surface area contributed by atoms with E-state index in [-0.39, 0.29) is 10.7 Å². The largest absolute Gasteiger partial charge is 0.332 e. The molecule has 0 fully saturated rings. The number of carbonyl (C=O) groups excluding carboxylic acids is 1. The standard InChI is InChI=1S/C19H15FN6OS2/c1-10-6-7-13(17-25-26-11(2)23-24-19(26)29-17)9-15(10)21-18(28)22-16(27)12-4-3-5-14(20)8-12/h3-9H,1-2H3,(H2,21,22,27,28). The Balaban J connectivity index is 1.53. The molecule has 0 aliphatic carbocycles. The molecule has 0 saturated heterocycles. The molecule has 4 aromatic rings. The van der Waals surface area contributed by atoms with Crippen LogP contribution in [0.5, 0.6) is 0 Å². The number of amides is 1. The van der Waals surface area contributed by atoms with Crippen molar-refractivity contribution in [2.45, 2.75) is 13.8 Å². The number of nitrogens with one attached hydrogen (secondary N) is 2. The lowest BCUT2D eigenvalue weighted by Crippen LogP contribution is -2.34. The van der Waals surface area contributed by atoms with Crippen LogP contribution in [0.1, 0.15) is 21.7 Å². The molecule has 2 heterocycles. The molecule has 0 radical (unpaired) electrons. The van der Waals surface area contributed by atoms with E-state index in [9.17, 15) is 9.18 Å². The Kier molecular flexibility index (Phi) is 5.03. The van der Waals surface area contributed by atoms with Gasteiger partial charge in [-0.3, -0.25) is 10.1 Å². The second-order valence-electron chi connectivity index (χ2n) is 6.30. The third-order valence-corrected chi connectivity index (χ3v) is 5.35. The van der Waals surface area contributed by atoms with Gasteiger partial charge in [0, 0.05) is 16.8 Å². The van der Waals surface area contributed by atoms with E-state index < -0.39 is 11.7 Å². The van der Waals surface area contributed by atoms with Gasteiger partial charge < -0.3 is 5.32 Å². The molecule has 0 saturated carbocycles. The Morgan fingerprint density at radius 2 is 2.00 bits per heavy atom. The Morgan fingerprint density at radius 1 is 1.17 bits per heavy atom. The van der Waals surface area contributed by atoms with Crippen LogP contribution in [0.25, 0.3) is 15.5 Å². The molecular weight excluding hydrogens is 411 g/mol. The van der Waals surface area contributed by atoms with Crippen molar-refractivity contribution >= 4 is 45.2 Å². The fraction of sp³-hybridized carbons (Fsp3) is 0.105. The van der Waals surface area contributed by atoms with Crippen molar-refractivity contribution in [1.82, 2.24) is 25.1 Å². The van der Waals surface area contributed by atoms with Gasteiger partial charge in [0.2, 0.25) is 4.96 Å². The number of thiocarbonyl (C=S) groups is 1. The fourth-order valence-electron chi connectivity index (χ4n) is 2.68. The minimum absolute atomic E-state index is 0.119. The Labute approximate surface area is 174 Å². The number of fused-ring (bicyclic) bond motifs is 1. The smallest absolute Gasteiger partial charge is 0.257 e. The third kappa shape index (κ3) is 3.98. The van der Waals surface area contributed by atoms with Gasteiger partial charge in [-0.15, -0.1) is 10.2 Å². The van der Waals surface area contributed by atoms with E-state index in [2.05, 4.69) is 25.9 Å². The normalized spacial score (nSPS) is 10.9. The summed E-state index contributed by atoms with van der Waals surface area (Å²) in [5.41, 5.74) is 2.74. The molecule has 0 atom stereocenters. The second kappa shape index (κ2) is 7.64. The van der Waals surface area contributed by atoms with E-state index in [0.717, 1.165) is 27.9 Å². The zero-order chi connectivity index (χ0) is 20.5. The highest BCUT2D eigenvalue weighted by Crippen LogP contribution is 2.29. The molecule has 0 unspecified atom stereocenters. The molecule has 0 bridgehead atoms. The lowest BCUT2D eigenvalue weighted by Gasteiger charge is -2.13. The average molecular weight is 427 g/mol. The molecule has 2 N–H and O–H groups in total. The number of halogens is 1. The number of nitrogens with zero attached hydrogens (tertiary/aromatic N) is 4. The van der Waals surface area contributed by atoms with Gasteiger partial charge >= 0.3 is 0 Å². The minimum Gasteiger partial charge on any atom is -0.332 e. The number of hydrogen-bond acceptors (Lipinski definition) is 6. The first kappa shape index (κ1) is 19.1. The summed E-state index contributed by atoms with van der Waals surface area (Å²) in [7, 11) is 0. The Morgan fingerprint density at radius 3 is 2.76 bits per heavy atom. The van der Waals surface area contributed by atoms with Crippen molar-refractivity contribution in [3.8, 4) is 10.6 Å². The van der Waals surface area contributed by atoms with Crippen LogP contribution in [0.2, 0.25) is 0 Å². The van der Waals surface area contributed by atoms with Crippen molar-refractivity contribution in [3.05, 3.63) is 65.2 Å². The zero-order valence-corrected chi connectivity index (χ0v) is 17.1. The van der Waals surface area contributed by atoms with E-state index in [1.807, 2.05) is 32.0 Å². The number of hydrogen-bond donors (Lipinski definition) is 2. The molecule has 0 aliphatic heterocycles. The minimum atomic E-state index is -0.486. The van der Waals surface area contributed by atoms with Crippen molar-refractivity contribution in [3.63, 3.8) is 0 Å². The lowest BCUT2D eigenvalue weighted by atomic mass is 10.1. The molecule has 2 aromatic carbocycles. The van der Waals surface area contributed by atoms with Gasteiger partial charge in [-0.25, -0.2) is 4.39 Å². The van der Waals surface area contributed by atoms with E-state index in [1.165, 1.54) is 29.5 Å². The van der Waals surface area contributed by atoms with Crippen LogP contribution in [-0.2, 0) is 0 Å². The molecule has 1 amide bonds. The maximum Gasteiger partial charge on any atom is 0.257 e. The molecule has 4 rings (SSSR count). The predicted octanol–water partition coefficient (Wildman–Crippen LogP) is 3.74. The van der Waals surface area contributed by atoms with Crippen LogP contribution in [0.3, 0.4) is 0 Å². The molecule has 7 nitrogen and oxygen atoms in total. The molecule has 0 aliphatic rings. The molecule has 29 heavy (non-hydrogen) atoms. The van der Waals surface area contributed by atoms with E-state index in [0.29, 0.717) is 10.8 Å². The highest BCUT2D eigenvalue weighted by Gasteiger charge is 2.13. The van der Waals surface area contributed by atoms with E-state index in [4.69, 9.17) is 12.2 Å². The lowest BCUT2D eigenvalue weighted by molar-refractivity contribution is 0.0977. The van der Waals surface area contributed by atoms with Crippen molar-refractivity contribution in [2.75, 3.05) is 5.32 Å². The number of aryl methyl sites for hydroxylation is 2. The summed E-state index contributed by atoms with van der Waals surface area (Å²) in [5.74, 6) is -0.255. The van der Waals surface area contributed by atoms with E-state index in [1.54, 1.807) is 4.52 Å². The summed E-state index contributed by atoms with van der Waals surface area (Å²) >= 11 is 6.67. The molecule has 0 spiro atoms. The number of benzene rings is 2. The zero-order valence-electron chi connectivity index (χ0n) is 15.4. The highest BCUT2D eigenvalue weighted by atomic mass is 32.1. The first-order valence-electron chi connectivity index (χ1n) is 8.58. The van der Waals surface area contributed by atoms with Crippen LogP contribution < -0.4 is 10.6 Å². The average Bonchev–Trinajstić information content (AvgIpc) is 3.26. The number of rotatable bonds is 3. The van der Waals surface area contributed by atoms with Crippen LogP contribution in [0.15, 0.2) is 42.5 Å². The highest BCUT2D eigenvalue weighted by molar-refractivity contribution is 7.80. The summed E-state index contributed by atoms with van der Waals surface area (Å²) in [6.45, 7) is 3.76. The molecule has 146 valence electrons. The van der Waals surface area contributed by atoms with Gasteiger partial charge in [0.15, 0.2) is 10.9 Å². The number of anilines is 1. The fourth-order valence-corrected chi connectivity index (χ4v) is 3.76. The SMILES string of the molecule is Cc1ccc(-c2nn3c(C)nnc3s2)cc1NC(=S)NC(=O)c1cccc(F)c1. The maximum atomic E-state index is 13.3. The third-order valence-electron chi connectivity index (χ3n) is 4.19. The molecule has 10 heteroatoms. The van der Waals surface area contributed by atoms with Crippen LogP contribution in [0, 0.1) is 19.7 Å². The van der Waals surface area contributed by atoms with Crippen LogP contribution in [0.4, 0.5) is 10.1 Å². The van der Waals surface area contributed by atoms with Gasteiger partial charge in [-0.2, -0.15) is 9.61 Å². The van der Waals surface area contributed by atoms with E-state index >= 15 is 0 Å². The summed E-state index contributed by atoms with van der Waals surface area (Å²) < 4.78 is 15.0. The molecular formula is C19H15FN6OS2. The van der Waals surface area contributed by atoms with Crippen molar-refractivity contribution in [2.24, 2.45) is 0 Å².